The molecule has 2 aromatic rings. The van der Waals surface area contributed by atoms with E-state index in [9.17, 15) is 22.0 Å². The number of rotatable bonds is 3. The molecule has 0 saturated carbocycles. The molecule has 0 atom stereocenters. The number of pyridine rings is 1. The van der Waals surface area contributed by atoms with Crippen LogP contribution in [0, 0.1) is 40.4 Å². The van der Waals surface area contributed by atoms with Crippen molar-refractivity contribution >= 4 is 0 Å². The molecule has 0 saturated heterocycles. The van der Waals surface area contributed by atoms with E-state index < -0.39 is 40.2 Å². The molecule has 0 aliphatic carbocycles. The fraction of sp³-hybridized carbons (Fsp3) is 0.143. The van der Waals surface area contributed by atoms with Gasteiger partial charge in [0.15, 0.2) is 23.3 Å². The minimum absolute atomic E-state index is 0.0255. The highest BCUT2D eigenvalue weighted by molar-refractivity contribution is 5.74. The minimum Gasteiger partial charge on any atom is -0.481 e. The van der Waals surface area contributed by atoms with E-state index in [1.165, 1.54) is 12.3 Å². The van der Waals surface area contributed by atoms with Crippen molar-refractivity contribution in [2.45, 2.75) is 6.42 Å². The first-order chi connectivity index (χ1) is 10.4. The molecule has 0 bridgehead atoms. The third-order valence-corrected chi connectivity index (χ3v) is 2.93. The lowest BCUT2D eigenvalue weighted by molar-refractivity contribution is 0.378. The number of hydrogen-bond acceptors (Lipinski definition) is 3. The molecule has 3 nitrogen and oxygen atoms in total. The zero-order chi connectivity index (χ0) is 16.4. The monoisotopic (exact) mass is 314 g/mol. The van der Waals surface area contributed by atoms with Crippen LogP contribution in [0.3, 0.4) is 0 Å². The Bertz CT molecular complexity index is 757. The van der Waals surface area contributed by atoms with Gasteiger partial charge in [-0.2, -0.15) is 5.26 Å². The van der Waals surface area contributed by atoms with Gasteiger partial charge in [0.1, 0.15) is 0 Å². The molecule has 2 rings (SSSR count). The van der Waals surface area contributed by atoms with Gasteiger partial charge in [-0.3, -0.25) is 0 Å². The number of nitrogens with zero attached hydrogens (tertiary/aromatic N) is 2. The average Bonchev–Trinajstić information content (AvgIpc) is 2.52. The van der Waals surface area contributed by atoms with Gasteiger partial charge in [-0.1, -0.05) is 0 Å². The molecular weight excluding hydrogens is 307 g/mol. The lowest BCUT2D eigenvalue weighted by atomic mass is 9.98. The van der Waals surface area contributed by atoms with Gasteiger partial charge in [0.25, 0.3) is 0 Å². The number of aromatic nitrogens is 1. The Kier molecular flexibility index (Phi) is 4.26. The molecule has 0 spiro atoms. The van der Waals surface area contributed by atoms with Crippen molar-refractivity contribution in [2.75, 3.05) is 7.11 Å². The maximum absolute atomic E-state index is 13.9. The second kappa shape index (κ2) is 5.97. The van der Waals surface area contributed by atoms with Crippen molar-refractivity contribution in [2.24, 2.45) is 0 Å². The van der Waals surface area contributed by atoms with Crippen LogP contribution in [0.25, 0.3) is 11.1 Å². The van der Waals surface area contributed by atoms with E-state index in [2.05, 4.69) is 4.98 Å². The van der Waals surface area contributed by atoms with Crippen LogP contribution in [-0.4, -0.2) is 12.1 Å². The molecular formula is C14H7F5N2O. The van der Waals surface area contributed by atoms with E-state index in [4.69, 9.17) is 10.00 Å². The Morgan fingerprint density at radius 3 is 2.05 bits per heavy atom. The van der Waals surface area contributed by atoms with Gasteiger partial charge in [0.2, 0.25) is 11.7 Å². The van der Waals surface area contributed by atoms with Gasteiger partial charge < -0.3 is 4.74 Å². The number of hydrogen-bond donors (Lipinski definition) is 0. The third kappa shape index (κ3) is 2.35. The molecule has 0 aliphatic heterocycles. The van der Waals surface area contributed by atoms with Crippen LogP contribution in [0.15, 0.2) is 12.3 Å². The Morgan fingerprint density at radius 1 is 1.00 bits per heavy atom. The number of halogens is 5. The van der Waals surface area contributed by atoms with Gasteiger partial charge in [-0.25, -0.2) is 26.9 Å². The van der Waals surface area contributed by atoms with Gasteiger partial charge >= 0.3 is 0 Å². The topological polar surface area (TPSA) is 45.9 Å². The summed E-state index contributed by atoms with van der Waals surface area (Å²) in [5, 5.41) is 8.74. The molecule has 1 heterocycles. The highest BCUT2D eigenvalue weighted by atomic mass is 19.2. The van der Waals surface area contributed by atoms with Crippen LogP contribution >= 0.6 is 0 Å². The zero-order valence-electron chi connectivity index (χ0n) is 11.1. The summed E-state index contributed by atoms with van der Waals surface area (Å²) in [5.41, 5.74) is -1.59. The van der Waals surface area contributed by atoms with Crippen LogP contribution in [0.5, 0.6) is 5.88 Å². The van der Waals surface area contributed by atoms with Gasteiger partial charge in [0.05, 0.1) is 30.7 Å². The smallest absolute Gasteiger partial charge is 0.221 e. The first-order valence-electron chi connectivity index (χ1n) is 5.84. The van der Waals surface area contributed by atoms with Crippen molar-refractivity contribution in [1.82, 2.24) is 4.98 Å². The van der Waals surface area contributed by atoms with Crippen LogP contribution in [0.4, 0.5) is 22.0 Å². The predicted octanol–water partition coefficient (Wildman–Crippen LogP) is 3.52. The summed E-state index contributed by atoms with van der Waals surface area (Å²) in [6.45, 7) is 0. The molecule has 0 amide bonds. The molecule has 0 fully saturated rings. The summed E-state index contributed by atoms with van der Waals surface area (Å²) in [6, 6.07) is 2.97. The second-order valence-corrected chi connectivity index (χ2v) is 4.13. The summed E-state index contributed by atoms with van der Waals surface area (Å²) < 4.78 is 72.5. The largest absolute Gasteiger partial charge is 0.481 e. The summed E-state index contributed by atoms with van der Waals surface area (Å²) in [7, 11) is 1.12. The van der Waals surface area contributed by atoms with Crippen molar-refractivity contribution in [3.8, 4) is 23.1 Å². The number of nitriles is 1. The molecule has 0 radical (unpaired) electrons. The van der Waals surface area contributed by atoms with Gasteiger partial charge in [-0.15, -0.1) is 0 Å². The highest BCUT2D eigenvalue weighted by Crippen LogP contribution is 2.38. The summed E-state index contributed by atoms with van der Waals surface area (Å²) >= 11 is 0. The van der Waals surface area contributed by atoms with Crippen LogP contribution in [0.1, 0.15) is 5.56 Å². The van der Waals surface area contributed by atoms with Crippen molar-refractivity contribution in [3.05, 3.63) is 46.9 Å². The van der Waals surface area contributed by atoms with E-state index >= 15 is 0 Å². The fourth-order valence-electron chi connectivity index (χ4n) is 1.96. The number of methoxy groups -OCH3 is 1. The van der Waals surface area contributed by atoms with Gasteiger partial charge in [-0.05, 0) is 11.6 Å². The number of benzene rings is 1. The van der Waals surface area contributed by atoms with Crippen LogP contribution < -0.4 is 4.74 Å². The minimum atomic E-state index is -2.26. The molecule has 114 valence electrons. The summed E-state index contributed by atoms with van der Waals surface area (Å²) in [5.74, 6) is -10.8. The molecule has 8 heteroatoms. The summed E-state index contributed by atoms with van der Waals surface area (Å²) in [6.07, 6.45) is 0.870. The van der Waals surface area contributed by atoms with E-state index in [-0.39, 0.29) is 17.9 Å². The zero-order valence-corrected chi connectivity index (χ0v) is 11.1. The highest BCUT2D eigenvalue weighted by Gasteiger charge is 2.30. The second-order valence-electron chi connectivity index (χ2n) is 4.13. The molecule has 1 aromatic heterocycles. The lowest BCUT2D eigenvalue weighted by Gasteiger charge is -2.14. The van der Waals surface area contributed by atoms with Crippen LogP contribution in [-0.2, 0) is 6.42 Å². The Morgan fingerprint density at radius 2 is 1.55 bits per heavy atom. The van der Waals surface area contributed by atoms with Crippen LogP contribution in [0.2, 0.25) is 0 Å². The third-order valence-electron chi connectivity index (χ3n) is 2.93. The SMILES string of the molecule is COc1nccc(CC#N)c1-c1c(F)c(F)c(F)c(F)c1F. The standard InChI is InChI=1S/C14H7F5N2O/c1-22-14-7(6(2-4-20)3-5-21-14)8-9(15)11(17)13(19)12(18)10(8)16/h3,5H,2H2,1H3. The Hall–Kier alpha value is -2.69. The predicted molar refractivity (Wildman–Crippen MR) is 65.3 cm³/mol. The molecule has 0 aliphatic rings. The maximum atomic E-state index is 13.9. The summed E-state index contributed by atoms with van der Waals surface area (Å²) in [4.78, 5) is 3.68. The maximum Gasteiger partial charge on any atom is 0.221 e. The lowest BCUT2D eigenvalue weighted by Crippen LogP contribution is -2.07. The van der Waals surface area contributed by atoms with E-state index in [1.54, 1.807) is 6.07 Å². The van der Waals surface area contributed by atoms with Gasteiger partial charge in [0, 0.05) is 6.20 Å². The van der Waals surface area contributed by atoms with Crippen molar-refractivity contribution < 1.29 is 26.7 Å². The van der Waals surface area contributed by atoms with Crippen molar-refractivity contribution in [1.29, 1.82) is 5.26 Å². The number of ether oxygens (including phenoxy) is 1. The molecule has 22 heavy (non-hydrogen) atoms. The Labute approximate surface area is 121 Å². The van der Waals surface area contributed by atoms with E-state index in [0.29, 0.717) is 0 Å². The average molecular weight is 314 g/mol. The first kappa shape index (κ1) is 15.7. The van der Waals surface area contributed by atoms with E-state index in [0.717, 1.165) is 7.11 Å². The Balaban J connectivity index is 2.92. The molecule has 0 N–H and O–H groups in total. The van der Waals surface area contributed by atoms with Crippen molar-refractivity contribution in [3.63, 3.8) is 0 Å². The first-order valence-corrected chi connectivity index (χ1v) is 5.84. The normalized spacial score (nSPS) is 10.4. The van der Waals surface area contributed by atoms with E-state index in [1.807, 2.05) is 0 Å². The fourth-order valence-corrected chi connectivity index (χ4v) is 1.96. The molecule has 1 aromatic carbocycles. The molecule has 0 unspecified atom stereocenters. The quantitative estimate of drug-likeness (QED) is 0.495.